The van der Waals surface area contributed by atoms with E-state index in [0.717, 1.165) is 11.8 Å². The summed E-state index contributed by atoms with van der Waals surface area (Å²) in [5, 5.41) is 19.5. The summed E-state index contributed by atoms with van der Waals surface area (Å²) in [4.78, 5) is 23.0. The average Bonchev–Trinajstić information content (AvgIpc) is 2.45. The zero-order valence-corrected chi connectivity index (χ0v) is 10.7. The van der Waals surface area contributed by atoms with Gasteiger partial charge in [-0.05, 0) is 12.1 Å². The summed E-state index contributed by atoms with van der Waals surface area (Å²) in [6.07, 6.45) is 2.35. The summed E-state index contributed by atoms with van der Waals surface area (Å²) in [7, 11) is 0. The monoisotopic (exact) mass is 278 g/mol. The minimum absolute atomic E-state index is 0.0629. The molecule has 0 aromatic heterocycles. The maximum atomic E-state index is 10.8. The number of carboxylic acid groups (broad SMARTS) is 1. The van der Waals surface area contributed by atoms with Gasteiger partial charge in [0.15, 0.2) is 0 Å². The minimum Gasteiger partial charge on any atom is -0.478 e. The molecule has 20 heavy (non-hydrogen) atoms. The summed E-state index contributed by atoms with van der Waals surface area (Å²) < 4.78 is 5.26. The van der Waals surface area contributed by atoms with Crippen LogP contribution in [0.15, 0.2) is 24.3 Å². The Hall–Kier alpha value is -2.41. The second kappa shape index (κ2) is 6.16. The maximum absolute atomic E-state index is 10.8. The number of nitro benzene ring substituents is 1. The van der Waals surface area contributed by atoms with Gasteiger partial charge in [0.25, 0.3) is 5.69 Å². The van der Waals surface area contributed by atoms with Crippen LogP contribution in [0.2, 0.25) is 0 Å². The van der Waals surface area contributed by atoms with Crippen LogP contribution < -0.4 is 4.90 Å². The molecule has 0 aliphatic carbocycles. The van der Waals surface area contributed by atoms with Crippen molar-refractivity contribution in [3.05, 3.63) is 40.0 Å². The molecule has 1 N–H and O–H groups in total. The van der Waals surface area contributed by atoms with Gasteiger partial charge in [0.2, 0.25) is 0 Å². The number of aliphatic carboxylic acids is 1. The highest BCUT2D eigenvalue weighted by Gasteiger charge is 2.16. The molecule has 1 saturated heterocycles. The van der Waals surface area contributed by atoms with Crippen LogP contribution in [0.25, 0.3) is 6.08 Å². The van der Waals surface area contributed by atoms with Gasteiger partial charge in [-0.1, -0.05) is 0 Å². The lowest BCUT2D eigenvalue weighted by Gasteiger charge is -2.30. The fourth-order valence-corrected chi connectivity index (χ4v) is 2.04. The third-order valence-corrected chi connectivity index (χ3v) is 2.98. The van der Waals surface area contributed by atoms with Crippen molar-refractivity contribution in [3.8, 4) is 0 Å². The lowest BCUT2D eigenvalue weighted by Crippen LogP contribution is -2.36. The molecule has 1 aromatic carbocycles. The van der Waals surface area contributed by atoms with Gasteiger partial charge >= 0.3 is 5.97 Å². The van der Waals surface area contributed by atoms with Crippen molar-refractivity contribution in [1.29, 1.82) is 0 Å². The molecule has 1 fully saturated rings. The first-order valence-electron chi connectivity index (χ1n) is 6.10. The van der Waals surface area contributed by atoms with Crippen molar-refractivity contribution in [2.75, 3.05) is 31.2 Å². The molecule has 0 radical (unpaired) electrons. The molecule has 7 heteroatoms. The number of hydrogen-bond donors (Lipinski definition) is 1. The Balaban J connectivity index is 2.38. The first kappa shape index (κ1) is 14.0. The Labute approximate surface area is 115 Å². The van der Waals surface area contributed by atoms with Crippen molar-refractivity contribution in [1.82, 2.24) is 0 Å². The van der Waals surface area contributed by atoms with Gasteiger partial charge in [-0.25, -0.2) is 4.79 Å². The third-order valence-electron chi connectivity index (χ3n) is 2.98. The molecule has 0 atom stereocenters. The number of nitro groups is 1. The fraction of sp³-hybridized carbons (Fsp3) is 0.308. The average molecular weight is 278 g/mol. The molecule has 7 nitrogen and oxygen atoms in total. The molecule has 0 spiro atoms. The van der Waals surface area contributed by atoms with Crippen LogP contribution in [-0.2, 0) is 9.53 Å². The predicted molar refractivity (Wildman–Crippen MR) is 72.8 cm³/mol. The van der Waals surface area contributed by atoms with Crippen LogP contribution >= 0.6 is 0 Å². The van der Waals surface area contributed by atoms with Crippen molar-refractivity contribution < 1.29 is 19.6 Å². The minimum atomic E-state index is -1.09. The number of ether oxygens (including phenoxy) is 1. The Kier molecular flexibility index (Phi) is 4.31. The van der Waals surface area contributed by atoms with E-state index in [-0.39, 0.29) is 5.69 Å². The molecule has 2 rings (SSSR count). The van der Waals surface area contributed by atoms with E-state index in [4.69, 9.17) is 9.84 Å². The highest BCUT2D eigenvalue weighted by atomic mass is 16.6. The summed E-state index contributed by atoms with van der Waals surface area (Å²) in [5.74, 6) is -1.09. The number of anilines is 1. The summed E-state index contributed by atoms with van der Waals surface area (Å²) in [6, 6.07) is 4.44. The largest absolute Gasteiger partial charge is 0.478 e. The lowest BCUT2D eigenvalue weighted by atomic mass is 10.1. The van der Waals surface area contributed by atoms with E-state index in [2.05, 4.69) is 0 Å². The lowest BCUT2D eigenvalue weighted by molar-refractivity contribution is -0.384. The smallest absolute Gasteiger partial charge is 0.328 e. The molecule has 0 unspecified atom stereocenters. The van der Waals surface area contributed by atoms with Crippen LogP contribution in [0.4, 0.5) is 11.4 Å². The number of nitrogens with zero attached hydrogens (tertiary/aromatic N) is 2. The highest BCUT2D eigenvalue weighted by Crippen LogP contribution is 2.27. The van der Waals surface area contributed by atoms with E-state index in [1.165, 1.54) is 18.2 Å². The highest BCUT2D eigenvalue weighted by molar-refractivity contribution is 5.87. The molecule has 0 saturated carbocycles. The quantitative estimate of drug-likeness (QED) is 0.510. The van der Waals surface area contributed by atoms with Crippen LogP contribution in [0.1, 0.15) is 5.56 Å². The van der Waals surface area contributed by atoms with Crippen molar-refractivity contribution >= 4 is 23.4 Å². The number of hydrogen-bond acceptors (Lipinski definition) is 5. The van der Waals surface area contributed by atoms with Crippen LogP contribution in [0, 0.1) is 10.1 Å². The van der Waals surface area contributed by atoms with E-state index in [9.17, 15) is 14.9 Å². The predicted octanol–water partition coefficient (Wildman–Crippen LogP) is 1.53. The van der Waals surface area contributed by atoms with Crippen LogP contribution in [0.5, 0.6) is 0 Å². The number of carboxylic acids is 1. The van der Waals surface area contributed by atoms with Gasteiger partial charge in [-0.3, -0.25) is 10.1 Å². The number of morpholine rings is 1. The third kappa shape index (κ3) is 3.33. The molecular formula is C13H14N2O5. The zero-order valence-electron chi connectivity index (χ0n) is 10.7. The molecule has 0 amide bonds. The fourth-order valence-electron chi connectivity index (χ4n) is 2.04. The van der Waals surface area contributed by atoms with Crippen LogP contribution in [-0.4, -0.2) is 42.3 Å². The topological polar surface area (TPSA) is 92.9 Å². The molecule has 1 aliphatic heterocycles. The number of non-ortho nitro benzene ring substituents is 1. The SMILES string of the molecule is O=C(O)C=Cc1cc([N+](=O)[O-])ccc1N1CCOCC1. The normalized spacial score (nSPS) is 15.5. The number of rotatable bonds is 4. The van der Waals surface area contributed by atoms with Crippen molar-refractivity contribution in [3.63, 3.8) is 0 Å². The van der Waals surface area contributed by atoms with Crippen molar-refractivity contribution in [2.45, 2.75) is 0 Å². The Morgan fingerprint density at radius 2 is 2.10 bits per heavy atom. The van der Waals surface area contributed by atoms with Gasteiger partial charge in [0.05, 0.1) is 18.1 Å². The maximum Gasteiger partial charge on any atom is 0.328 e. The van der Waals surface area contributed by atoms with E-state index >= 15 is 0 Å². The summed E-state index contributed by atoms with van der Waals surface area (Å²) in [6.45, 7) is 2.51. The molecule has 1 aliphatic rings. The van der Waals surface area contributed by atoms with E-state index in [0.29, 0.717) is 31.9 Å². The Bertz CT molecular complexity index is 550. The van der Waals surface area contributed by atoms with E-state index < -0.39 is 10.9 Å². The van der Waals surface area contributed by atoms with Gasteiger partial charge in [0.1, 0.15) is 0 Å². The molecule has 1 aromatic rings. The Morgan fingerprint density at radius 3 is 2.70 bits per heavy atom. The molecule has 0 bridgehead atoms. The first-order valence-corrected chi connectivity index (χ1v) is 6.10. The van der Waals surface area contributed by atoms with Crippen LogP contribution in [0.3, 0.4) is 0 Å². The number of benzene rings is 1. The van der Waals surface area contributed by atoms with E-state index in [1.54, 1.807) is 6.07 Å². The molecule has 106 valence electrons. The second-order valence-corrected chi connectivity index (χ2v) is 4.27. The van der Waals surface area contributed by atoms with E-state index in [1.807, 2.05) is 4.90 Å². The second-order valence-electron chi connectivity index (χ2n) is 4.27. The van der Waals surface area contributed by atoms with Gasteiger partial charge < -0.3 is 14.7 Å². The standard InChI is InChI=1S/C13H14N2O5/c16-13(17)4-1-10-9-11(15(18)19)2-3-12(10)14-5-7-20-8-6-14/h1-4,9H,5-8H2,(H,16,17). The van der Waals surface area contributed by atoms with Gasteiger partial charge in [-0.2, -0.15) is 0 Å². The zero-order chi connectivity index (χ0) is 14.5. The van der Waals surface area contributed by atoms with Gasteiger partial charge in [0, 0.05) is 42.5 Å². The molecular weight excluding hydrogens is 264 g/mol. The summed E-state index contributed by atoms with van der Waals surface area (Å²) >= 11 is 0. The summed E-state index contributed by atoms with van der Waals surface area (Å²) in [5.41, 5.74) is 1.23. The Morgan fingerprint density at radius 1 is 1.40 bits per heavy atom. The van der Waals surface area contributed by atoms with Gasteiger partial charge in [-0.15, -0.1) is 0 Å². The number of carbonyl (C=O) groups is 1. The van der Waals surface area contributed by atoms with Crippen molar-refractivity contribution in [2.24, 2.45) is 0 Å². The molecule has 1 heterocycles. The first-order chi connectivity index (χ1) is 9.58.